The maximum absolute atomic E-state index is 13.5. The Kier molecular flexibility index (Phi) is 9.04. The van der Waals surface area contributed by atoms with Gasteiger partial charge in [0, 0.05) is 29.7 Å². The normalized spacial score (nSPS) is 29.4. The first-order valence-corrected chi connectivity index (χ1v) is 14.4. The Labute approximate surface area is 252 Å². The van der Waals surface area contributed by atoms with Crippen molar-refractivity contribution >= 4 is 23.9 Å². The van der Waals surface area contributed by atoms with Gasteiger partial charge in [-0.2, -0.15) is 0 Å². The van der Waals surface area contributed by atoms with Crippen LogP contribution in [0.1, 0.15) is 72.8 Å². The molecule has 1 aromatic heterocycles. The molecule has 0 radical (unpaired) electrons. The summed E-state index contributed by atoms with van der Waals surface area (Å²) < 4.78 is 28.1. The standard InChI is InChI=1S/C34H40O9/c1-9-19(2)31(37)42-30-28(41-21(4)35)16-23(26-11-10-25(34(26,30)7)22-12-13-40-18-22)15-24-14-20(3)27(17-29(36)39-8)33(5,6)43-32(24)38/h9,11-16,18,25,27-28,30H,10,17H2,1-8H3/t25-,27+,28+,30-,34-/m0/s1. The molecule has 2 aliphatic carbocycles. The van der Waals surface area contributed by atoms with E-state index in [1.165, 1.54) is 14.0 Å². The summed E-state index contributed by atoms with van der Waals surface area (Å²) in [5.41, 5.74) is 2.07. The van der Waals surface area contributed by atoms with Crippen LogP contribution in [0.4, 0.5) is 0 Å². The molecule has 43 heavy (non-hydrogen) atoms. The van der Waals surface area contributed by atoms with Crippen LogP contribution in [0.15, 0.2) is 81.3 Å². The van der Waals surface area contributed by atoms with Crippen molar-refractivity contribution in [3.8, 4) is 0 Å². The van der Waals surface area contributed by atoms with Gasteiger partial charge in [0.05, 0.1) is 31.6 Å². The molecular formula is C34H40O9. The lowest BCUT2D eigenvalue weighted by molar-refractivity contribution is -0.170. The molecule has 4 rings (SSSR count). The van der Waals surface area contributed by atoms with Crippen molar-refractivity contribution in [1.29, 1.82) is 0 Å². The first-order chi connectivity index (χ1) is 20.2. The molecule has 3 aliphatic rings. The Bertz CT molecular complexity index is 1450. The number of fused-ring (bicyclic) bond motifs is 1. The molecule has 230 valence electrons. The number of carbonyl (C=O) groups excluding carboxylic acids is 4. The second-order valence-corrected chi connectivity index (χ2v) is 12.1. The molecule has 0 fully saturated rings. The van der Waals surface area contributed by atoms with E-state index in [0.717, 1.165) is 16.7 Å². The van der Waals surface area contributed by atoms with Crippen molar-refractivity contribution in [3.63, 3.8) is 0 Å². The second kappa shape index (κ2) is 12.2. The predicted molar refractivity (Wildman–Crippen MR) is 157 cm³/mol. The summed E-state index contributed by atoms with van der Waals surface area (Å²) in [5, 5.41) is 0. The van der Waals surface area contributed by atoms with Crippen LogP contribution in [0.2, 0.25) is 0 Å². The third kappa shape index (κ3) is 6.17. The molecule has 0 N–H and O–H groups in total. The molecule has 1 aliphatic heterocycles. The third-order valence-electron chi connectivity index (χ3n) is 8.92. The minimum absolute atomic E-state index is 0.0535. The topological polar surface area (TPSA) is 118 Å². The van der Waals surface area contributed by atoms with Gasteiger partial charge in [-0.15, -0.1) is 0 Å². The second-order valence-electron chi connectivity index (χ2n) is 12.1. The van der Waals surface area contributed by atoms with Crippen molar-refractivity contribution in [1.82, 2.24) is 0 Å². The van der Waals surface area contributed by atoms with E-state index in [1.807, 2.05) is 19.9 Å². The highest BCUT2D eigenvalue weighted by Crippen LogP contribution is 2.58. The molecule has 2 heterocycles. The van der Waals surface area contributed by atoms with Gasteiger partial charge in [-0.05, 0) is 82.0 Å². The van der Waals surface area contributed by atoms with Gasteiger partial charge >= 0.3 is 23.9 Å². The molecule has 9 heteroatoms. The maximum atomic E-state index is 13.5. The number of methoxy groups -OCH3 is 1. The molecule has 1 aromatic rings. The Morgan fingerprint density at radius 1 is 1.14 bits per heavy atom. The van der Waals surface area contributed by atoms with Crippen LogP contribution in [-0.2, 0) is 38.1 Å². The number of rotatable bonds is 7. The van der Waals surface area contributed by atoms with E-state index in [1.54, 1.807) is 64.5 Å². The molecule has 0 amide bonds. The lowest BCUT2D eigenvalue weighted by Crippen LogP contribution is -2.51. The fourth-order valence-corrected chi connectivity index (χ4v) is 6.50. The number of allylic oxidation sites excluding steroid dienone is 4. The predicted octanol–water partition coefficient (Wildman–Crippen LogP) is 5.84. The highest BCUT2D eigenvalue weighted by molar-refractivity contribution is 5.94. The summed E-state index contributed by atoms with van der Waals surface area (Å²) in [7, 11) is 1.32. The average Bonchev–Trinajstić information content (AvgIpc) is 3.58. The number of cyclic esters (lactones) is 1. The Hall–Kier alpha value is -4.14. The largest absolute Gasteiger partial charge is 0.472 e. The van der Waals surface area contributed by atoms with Crippen molar-refractivity contribution in [3.05, 3.63) is 82.4 Å². The van der Waals surface area contributed by atoms with Crippen LogP contribution < -0.4 is 0 Å². The minimum atomic E-state index is -0.972. The average molecular weight is 593 g/mol. The number of hydrogen-bond donors (Lipinski definition) is 0. The minimum Gasteiger partial charge on any atom is -0.472 e. The number of hydrogen-bond acceptors (Lipinski definition) is 9. The molecule has 0 unspecified atom stereocenters. The van der Waals surface area contributed by atoms with Crippen molar-refractivity contribution in [2.75, 3.05) is 7.11 Å². The first kappa shape index (κ1) is 31.8. The number of esters is 4. The monoisotopic (exact) mass is 592 g/mol. The quantitative estimate of drug-likeness (QED) is 0.219. The van der Waals surface area contributed by atoms with E-state index >= 15 is 0 Å². The van der Waals surface area contributed by atoms with Crippen LogP contribution in [0, 0.1) is 11.3 Å². The van der Waals surface area contributed by atoms with Gasteiger partial charge in [0.1, 0.15) is 5.60 Å². The highest BCUT2D eigenvalue weighted by Gasteiger charge is 2.56. The number of carbonyl (C=O) groups is 4. The van der Waals surface area contributed by atoms with E-state index < -0.39 is 53.0 Å². The van der Waals surface area contributed by atoms with Gasteiger partial charge in [0.2, 0.25) is 0 Å². The highest BCUT2D eigenvalue weighted by atomic mass is 16.6. The Morgan fingerprint density at radius 2 is 1.86 bits per heavy atom. The lowest BCUT2D eigenvalue weighted by atomic mass is 9.63. The smallest absolute Gasteiger partial charge is 0.338 e. The molecule has 0 aromatic carbocycles. The van der Waals surface area contributed by atoms with E-state index in [2.05, 4.69) is 6.08 Å². The van der Waals surface area contributed by atoms with Gasteiger partial charge in [-0.3, -0.25) is 9.59 Å². The lowest BCUT2D eigenvalue weighted by Gasteiger charge is -2.46. The summed E-state index contributed by atoms with van der Waals surface area (Å²) in [6, 6.07) is 1.87. The number of ether oxygens (including phenoxy) is 4. The van der Waals surface area contributed by atoms with E-state index in [-0.39, 0.29) is 17.9 Å². The zero-order chi connectivity index (χ0) is 31.7. The molecule has 9 nitrogen and oxygen atoms in total. The van der Waals surface area contributed by atoms with Crippen LogP contribution >= 0.6 is 0 Å². The Balaban J connectivity index is 1.87. The Morgan fingerprint density at radius 3 is 2.47 bits per heavy atom. The molecule has 0 saturated carbocycles. The van der Waals surface area contributed by atoms with Crippen LogP contribution in [0.3, 0.4) is 0 Å². The SMILES string of the molecule is CC=C(C)C(=O)O[C@H]1[C@H](OC(C)=O)C=C(C=C2C=C(C)[C@@H](CC(=O)OC)C(C)(C)OC2=O)C2=CC[C@@H](c3ccoc3)[C@@]21C. The van der Waals surface area contributed by atoms with Gasteiger partial charge in [0.15, 0.2) is 12.2 Å². The van der Waals surface area contributed by atoms with Gasteiger partial charge < -0.3 is 23.4 Å². The maximum Gasteiger partial charge on any atom is 0.338 e. The molecule has 0 saturated heterocycles. The van der Waals surface area contributed by atoms with E-state index in [9.17, 15) is 19.2 Å². The zero-order valence-electron chi connectivity index (χ0n) is 26.0. The fraction of sp³-hybridized carbons (Fsp3) is 0.471. The third-order valence-corrected chi connectivity index (χ3v) is 8.92. The number of furan rings is 1. The first-order valence-electron chi connectivity index (χ1n) is 14.4. The summed E-state index contributed by atoms with van der Waals surface area (Å²) in [5.74, 6) is -2.58. The van der Waals surface area contributed by atoms with Crippen LogP contribution in [-0.4, -0.2) is 48.8 Å². The molecule has 5 atom stereocenters. The van der Waals surface area contributed by atoms with Gasteiger partial charge in [-0.25, -0.2) is 9.59 Å². The molecular weight excluding hydrogens is 552 g/mol. The summed E-state index contributed by atoms with van der Waals surface area (Å²) in [4.78, 5) is 51.1. The van der Waals surface area contributed by atoms with E-state index in [4.69, 9.17) is 23.4 Å². The zero-order valence-corrected chi connectivity index (χ0v) is 26.0. The van der Waals surface area contributed by atoms with Crippen LogP contribution in [0.25, 0.3) is 0 Å². The van der Waals surface area contributed by atoms with Crippen molar-refractivity contribution in [2.45, 2.75) is 85.0 Å². The van der Waals surface area contributed by atoms with Crippen molar-refractivity contribution < 1.29 is 42.5 Å². The van der Waals surface area contributed by atoms with E-state index in [0.29, 0.717) is 17.6 Å². The van der Waals surface area contributed by atoms with Crippen molar-refractivity contribution in [2.24, 2.45) is 11.3 Å². The molecule has 0 bridgehead atoms. The summed E-state index contributed by atoms with van der Waals surface area (Å²) in [6.45, 7) is 12.1. The summed E-state index contributed by atoms with van der Waals surface area (Å²) in [6.07, 6.45) is 11.0. The van der Waals surface area contributed by atoms with Gasteiger partial charge in [0.25, 0.3) is 0 Å². The molecule has 0 spiro atoms. The summed E-state index contributed by atoms with van der Waals surface area (Å²) >= 11 is 0. The van der Waals surface area contributed by atoms with Gasteiger partial charge in [-0.1, -0.05) is 24.6 Å². The van der Waals surface area contributed by atoms with Crippen LogP contribution in [0.5, 0.6) is 0 Å². The fourth-order valence-electron chi connectivity index (χ4n) is 6.50.